The second-order valence-electron chi connectivity index (χ2n) is 2.72. The van der Waals surface area contributed by atoms with Gasteiger partial charge in [0.2, 0.25) is 0 Å². The predicted octanol–water partition coefficient (Wildman–Crippen LogP) is 1.59. The minimum atomic E-state index is 0. The van der Waals surface area contributed by atoms with Gasteiger partial charge in [0.25, 0.3) is 0 Å². The molecule has 2 atom stereocenters. The van der Waals surface area contributed by atoms with E-state index in [0.717, 1.165) is 11.8 Å². The molecule has 0 aromatic carbocycles. The van der Waals surface area contributed by atoms with Crippen LogP contribution >= 0.6 is 0 Å². The average Bonchev–Trinajstić information content (AvgIpc) is 2.22. The average molecular weight is 105 g/mol. The fourth-order valence-electron chi connectivity index (χ4n) is 1.72. The molecule has 0 amide bonds. The zero-order valence-electron chi connectivity index (χ0n) is 5.01. The van der Waals surface area contributed by atoms with Gasteiger partial charge in [-0.1, -0.05) is 12.2 Å². The smallest absolute Gasteiger partial charge is 0 e. The fraction of sp³-hybridized carbons (Fsp3) is 0.714. The maximum absolute atomic E-state index is 2.38. The summed E-state index contributed by atoms with van der Waals surface area (Å²) in [7, 11) is 0. The number of hydrogen-bond donors (Lipinski definition) is 0. The molecule has 41 valence electrons. The lowest BCUT2D eigenvalue weighted by Crippen LogP contribution is -1.82. The molecule has 0 nitrogen and oxygen atoms in total. The normalized spacial score (nSPS) is 40.0. The van der Waals surface area contributed by atoms with Gasteiger partial charge in [-0.2, -0.15) is 0 Å². The summed E-state index contributed by atoms with van der Waals surface area (Å²) in [5.41, 5.74) is 0. The third-order valence-electron chi connectivity index (χ3n) is 2.17. The van der Waals surface area contributed by atoms with Crippen LogP contribution in [-0.4, -0.2) is 8.41 Å². The SMILES string of the molecule is C1=CC2CCC1C2.[B]. The van der Waals surface area contributed by atoms with E-state index in [0.29, 0.717) is 0 Å². The molecule has 1 fully saturated rings. The summed E-state index contributed by atoms with van der Waals surface area (Å²) >= 11 is 0. The van der Waals surface area contributed by atoms with Gasteiger partial charge in [-0.15, -0.1) is 0 Å². The molecular formula is C7H10B. The first-order valence-corrected chi connectivity index (χ1v) is 3.13. The number of fused-ring (bicyclic) bond motifs is 2. The number of allylic oxidation sites excluding steroid dienone is 2. The molecule has 2 rings (SSSR count). The lowest BCUT2D eigenvalue weighted by molar-refractivity contribution is 0.691. The molecule has 2 unspecified atom stereocenters. The van der Waals surface area contributed by atoms with E-state index in [9.17, 15) is 0 Å². The van der Waals surface area contributed by atoms with Crippen molar-refractivity contribution in [1.29, 1.82) is 0 Å². The van der Waals surface area contributed by atoms with Crippen LogP contribution < -0.4 is 0 Å². The summed E-state index contributed by atoms with van der Waals surface area (Å²) in [5, 5.41) is 0. The van der Waals surface area contributed by atoms with Crippen molar-refractivity contribution in [3.05, 3.63) is 12.2 Å². The molecule has 2 aliphatic rings. The van der Waals surface area contributed by atoms with Crippen molar-refractivity contribution in [3.63, 3.8) is 0 Å². The molecule has 2 bridgehead atoms. The Morgan fingerprint density at radius 3 is 1.62 bits per heavy atom. The van der Waals surface area contributed by atoms with Crippen molar-refractivity contribution >= 4 is 8.41 Å². The van der Waals surface area contributed by atoms with Crippen molar-refractivity contribution in [2.75, 3.05) is 0 Å². The zero-order valence-corrected chi connectivity index (χ0v) is 5.01. The molecule has 3 radical (unpaired) electrons. The van der Waals surface area contributed by atoms with Gasteiger partial charge < -0.3 is 0 Å². The van der Waals surface area contributed by atoms with Crippen molar-refractivity contribution < 1.29 is 0 Å². The lowest BCUT2D eigenvalue weighted by Gasteiger charge is -1.96. The minimum Gasteiger partial charge on any atom is -0.0851 e. The van der Waals surface area contributed by atoms with Gasteiger partial charge in [0.1, 0.15) is 0 Å². The van der Waals surface area contributed by atoms with Crippen LogP contribution in [0.4, 0.5) is 0 Å². The van der Waals surface area contributed by atoms with Crippen LogP contribution in [0, 0.1) is 11.8 Å². The maximum Gasteiger partial charge on any atom is 0 e. The van der Waals surface area contributed by atoms with Crippen molar-refractivity contribution in [1.82, 2.24) is 0 Å². The Morgan fingerprint density at radius 2 is 1.50 bits per heavy atom. The van der Waals surface area contributed by atoms with Gasteiger partial charge in [-0.05, 0) is 31.1 Å². The summed E-state index contributed by atoms with van der Waals surface area (Å²) < 4.78 is 0. The third kappa shape index (κ3) is 0.703. The number of rotatable bonds is 0. The van der Waals surface area contributed by atoms with Gasteiger partial charge in [0, 0.05) is 8.41 Å². The molecule has 1 saturated carbocycles. The van der Waals surface area contributed by atoms with Crippen molar-refractivity contribution in [3.8, 4) is 0 Å². The van der Waals surface area contributed by atoms with Crippen LogP contribution in [-0.2, 0) is 0 Å². The summed E-state index contributed by atoms with van der Waals surface area (Å²) in [6, 6.07) is 0. The number of hydrogen-bond acceptors (Lipinski definition) is 0. The van der Waals surface area contributed by atoms with Gasteiger partial charge in [0.05, 0.1) is 0 Å². The maximum atomic E-state index is 2.38. The van der Waals surface area contributed by atoms with E-state index in [4.69, 9.17) is 0 Å². The van der Waals surface area contributed by atoms with Crippen molar-refractivity contribution in [2.45, 2.75) is 19.3 Å². The molecule has 2 aliphatic carbocycles. The van der Waals surface area contributed by atoms with Gasteiger partial charge in [-0.25, -0.2) is 0 Å². The molecular weight excluding hydrogens is 94.9 g/mol. The third-order valence-corrected chi connectivity index (χ3v) is 2.17. The van der Waals surface area contributed by atoms with E-state index >= 15 is 0 Å². The van der Waals surface area contributed by atoms with Crippen LogP contribution in [0.15, 0.2) is 12.2 Å². The van der Waals surface area contributed by atoms with E-state index in [1.165, 1.54) is 19.3 Å². The largest absolute Gasteiger partial charge is 0.0851 e. The van der Waals surface area contributed by atoms with Crippen LogP contribution in [0.5, 0.6) is 0 Å². The van der Waals surface area contributed by atoms with E-state index < -0.39 is 0 Å². The molecule has 0 aromatic rings. The fourth-order valence-corrected chi connectivity index (χ4v) is 1.72. The molecule has 0 aliphatic heterocycles. The first-order chi connectivity index (χ1) is 3.45. The molecule has 0 heterocycles. The Hall–Kier alpha value is -0.195. The Kier molecular flexibility index (Phi) is 1.46. The Bertz CT molecular complexity index is 95.0. The van der Waals surface area contributed by atoms with Gasteiger partial charge in [-0.3, -0.25) is 0 Å². The second-order valence-corrected chi connectivity index (χ2v) is 2.72. The topological polar surface area (TPSA) is 0 Å². The standard InChI is InChI=1S/C7H10.B/c1-2-7-4-3-6(1)5-7;/h1-2,6-7H,3-5H2;. The second kappa shape index (κ2) is 1.96. The van der Waals surface area contributed by atoms with Gasteiger partial charge >= 0.3 is 0 Å². The summed E-state index contributed by atoms with van der Waals surface area (Å²) in [6.07, 6.45) is 9.19. The first kappa shape index (κ1) is 5.93. The molecule has 0 N–H and O–H groups in total. The van der Waals surface area contributed by atoms with E-state index in [2.05, 4.69) is 12.2 Å². The summed E-state index contributed by atoms with van der Waals surface area (Å²) in [6.45, 7) is 0. The predicted molar refractivity (Wildman–Crippen MR) is 35.7 cm³/mol. The minimum absolute atomic E-state index is 0. The molecule has 0 saturated heterocycles. The highest BCUT2D eigenvalue weighted by atomic mass is 14.3. The highest BCUT2D eigenvalue weighted by Crippen LogP contribution is 2.38. The lowest BCUT2D eigenvalue weighted by atomic mass is 10.1. The van der Waals surface area contributed by atoms with E-state index in [-0.39, 0.29) is 8.41 Å². The monoisotopic (exact) mass is 105 g/mol. The van der Waals surface area contributed by atoms with Crippen LogP contribution in [0.25, 0.3) is 0 Å². The zero-order chi connectivity index (χ0) is 4.69. The van der Waals surface area contributed by atoms with E-state index in [1.807, 2.05) is 0 Å². The Balaban J connectivity index is 0.000000320. The summed E-state index contributed by atoms with van der Waals surface area (Å²) in [5.74, 6) is 1.98. The van der Waals surface area contributed by atoms with Crippen LogP contribution in [0.1, 0.15) is 19.3 Å². The first-order valence-electron chi connectivity index (χ1n) is 3.13. The highest BCUT2D eigenvalue weighted by molar-refractivity contribution is 5.75. The molecule has 1 heteroatoms. The summed E-state index contributed by atoms with van der Waals surface area (Å²) in [4.78, 5) is 0. The van der Waals surface area contributed by atoms with Crippen LogP contribution in [0.2, 0.25) is 0 Å². The quantitative estimate of drug-likeness (QED) is 0.324. The molecule has 0 spiro atoms. The molecule has 8 heavy (non-hydrogen) atoms. The Morgan fingerprint density at radius 1 is 1.00 bits per heavy atom. The van der Waals surface area contributed by atoms with E-state index in [1.54, 1.807) is 0 Å². The highest BCUT2D eigenvalue weighted by Gasteiger charge is 2.25. The van der Waals surface area contributed by atoms with Crippen molar-refractivity contribution in [2.24, 2.45) is 11.8 Å². The Labute approximate surface area is 52.5 Å². The van der Waals surface area contributed by atoms with Crippen LogP contribution in [0.3, 0.4) is 0 Å². The van der Waals surface area contributed by atoms with Gasteiger partial charge in [0.15, 0.2) is 0 Å². The molecule has 0 aromatic heterocycles.